The largest absolute Gasteiger partial charge is 0.380 e. The third kappa shape index (κ3) is 7.11. The van der Waals surface area contributed by atoms with E-state index in [9.17, 15) is 14.4 Å². The molecule has 0 radical (unpaired) electrons. The Bertz CT molecular complexity index is 970. The number of amides is 3. The minimum Gasteiger partial charge on any atom is -0.380 e. The van der Waals surface area contributed by atoms with Crippen molar-refractivity contribution < 1.29 is 24.3 Å². The SMILES string of the molecule is CNC(=O)C(C(=O)NO)N(C)C(=O)c1ccc(-c2ccc(CCCN3CCCOCC3)cc2)cc1. The Morgan fingerprint density at radius 1 is 1.00 bits per heavy atom. The first-order valence-corrected chi connectivity index (χ1v) is 11.9. The Labute approximate surface area is 206 Å². The molecule has 1 saturated heterocycles. The average molecular weight is 483 g/mol. The van der Waals surface area contributed by atoms with Gasteiger partial charge in [0, 0.05) is 39.4 Å². The zero-order valence-electron chi connectivity index (χ0n) is 20.3. The molecule has 9 nitrogen and oxygen atoms in total. The lowest BCUT2D eigenvalue weighted by molar-refractivity contribution is -0.140. The van der Waals surface area contributed by atoms with Crippen molar-refractivity contribution in [2.24, 2.45) is 0 Å². The number of hydrogen-bond donors (Lipinski definition) is 3. The fourth-order valence-corrected chi connectivity index (χ4v) is 4.19. The van der Waals surface area contributed by atoms with E-state index < -0.39 is 23.8 Å². The highest BCUT2D eigenvalue weighted by Gasteiger charge is 2.33. The molecule has 1 aliphatic rings. The lowest BCUT2D eigenvalue weighted by Gasteiger charge is -2.25. The number of hydroxylamine groups is 1. The fraction of sp³-hybridized carbons (Fsp3) is 0.423. The Morgan fingerprint density at radius 3 is 2.29 bits per heavy atom. The molecule has 0 bridgehead atoms. The predicted octanol–water partition coefficient (Wildman–Crippen LogP) is 1.70. The second kappa shape index (κ2) is 13.0. The maximum Gasteiger partial charge on any atom is 0.275 e. The molecule has 1 atom stereocenters. The van der Waals surface area contributed by atoms with Gasteiger partial charge in [-0.1, -0.05) is 36.4 Å². The molecule has 9 heteroatoms. The van der Waals surface area contributed by atoms with E-state index in [4.69, 9.17) is 9.94 Å². The van der Waals surface area contributed by atoms with Crippen molar-refractivity contribution in [2.75, 3.05) is 46.9 Å². The van der Waals surface area contributed by atoms with Crippen molar-refractivity contribution in [3.05, 3.63) is 59.7 Å². The number of carbonyl (C=O) groups excluding carboxylic acids is 3. The summed E-state index contributed by atoms with van der Waals surface area (Å²) >= 11 is 0. The molecule has 0 saturated carbocycles. The Morgan fingerprint density at radius 2 is 1.66 bits per heavy atom. The summed E-state index contributed by atoms with van der Waals surface area (Å²) in [5.41, 5.74) is 5.04. The summed E-state index contributed by atoms with van der Waals surface area (Å²) in [6, 6.07) is 13.9. The second-order valence-corrected chi connectivity index (χ2v) is 8.59. The summed E-state index contributed by atoms with van der Waals surface area (Å²) in [6.45, 7) is 4.88. The first kappa shape index (κ1) is 26.3. The van der Waals surface area contributed by atoms with Crippen LogP contribution in [0.1, 0.15) is 28.8 Å². The number of ether oxygens (including phenoxy) is 1. The van der Waals surface area contributed by atoms with E-state index in [2.05, 4.69) is 34.5 Å². The van der Waals surface area contributed by atoms with Gasteiger partial charge < -0.3 is 19.9 Å². The van der Waals surface area contributed by atoms with Crippen molar-refractivity contribution in [2.45, 2.75) is 25.3 Å². The summed E-state index contributed by atoms with van der Waals surface area (Å²) in [4.78, 5) is 40.2. The lowest BCUT2D eigenvalue weighted by atomic mass is 10.0. The molecule has 1 unspecified atom stereocenters. The van der Waals surface area contributed by atoms with E-state index in [0.29, 0.717) is 5.56 Å². The zero-order valence-corrected chi connectivity index (χ0v) is 20.3. The van der Waals surface area contributed by atoms with Crippen LogP contribution in [0.15, 0.2) is 48.5 Å². The van der Waals surface area contributed by atoms with Crippen molar-refractivity contribution >= 4 is 17.7 Å². The highest BCUT2D eigenvalue weighted by molar-refractivity contribution is 6.08. The summed E-state index contributed by atoms with van der Waals surface area (Å²) in [7, 11) is 2.69. The second-order valence-electron chi connectivity index (χ2n) is 8.59. The summed E-state index contributed by atoms with van der Waals surface area (Å²) in [5.74, 6) is -2.21. The van der Waals surface area contributed by atoms with E-state index in [1.165, 1.54) is 25.1 Å². The van der Waals surface area contributed by atoms with E-state index in [0.717, 1.165) is 68.1 Å². The van der Waals surface area contributed by atoms with Crippen LogP contribution in [0.2, 0.25) is 0 Å². The van der Waals surface area contributed by atoms with E-state index in [1.54, 1.807) is 12.1 Å². The predicted molar refractivity (Wildman–Crippen MR) is 132 cm³/mol. The van der Waals surface area contributed by atoms with Crippen molar-refractivity contribution in [3.8, 4) is 11.1 Å². The van der Waals surface area contributed by atoms with Crippen LogP contribution in [-0.2, 0) is 20.7 Å². The minimum absolute atomic E-state index is 0.325. The third-order valence-electron chi connectivity index (χ3n) is 6.23. The Kier molecular flexibility index (Phi) is 9.77. The molecule has 0 spiro atoms. The normalized spacial score (nSPS) is 15.1. The number of rotatable bonds is 9. The van der Waals surface area contributed by atoms with Crippen LogP contribution < -0.4 is 10.8 Å². The molecule has 3 rings (SSSR count). The van der Waals surface area contributed by atoms with Gasteiger partial charge in [0.1, 0.15) is 0 Å². The third-order valence-corrected chi connectivity index (χ3v) is 6.23. The van der Waals surface area contributed by atoms with Gasteiger partial charge in [-0.15, -0.1) is 0 Å². The molecular formula is C26H34N4O5. The highest BCUT2D eigenvalue weighted by atomic mass is 16.5. The topological polar surface area (TPSA) is 111 Å². The van der Waals surface area contributed by atoms with Gasteiger partial charge in [0.05, 0.1) is 6.61 Å². The smallest absolute Gasteiger partial charge is 0.275 e. The maximum atomic E-state index is 12.8. The molecule has 188 valence electrons. The fourth-order valence-electron chi connectivity index (χ4n) is 4.19. The van der Waals surface area contributed by atoms with Crippen LogP contribution in [-0.4, -0.2) is 85.7 Å². The van der Waals surface area contributed by atoms with E-state index in [1.807, 2.05) is 12.1 Å². The maximum absolute atomic E-state index is 12.8. The van der Waals surface area contributed by atoms with Gasteiger partial charge in [-0.25, -0.2) is 5.48 Å². The summed E-state index contributed by atoms with van der Waals surface area (Å²) in [6.07, 6.45) is 3.22. The molecule has 3 amide bonds. The summed E-state index contributed by atoms with van der Waals surface area (Å²) in [5, 5.41) is 11.2. The number of nitrogens with zero attached hydrogens (tertiary/aromatic N) is 2. The minimum atomic E-state index is -1.49. The molecule has 0 aromatic heterocycles. The van der Waals surface area contributed by atoms with E-state index >= 15 is 0 Å². The number of benzene rings is 2. The van der Waals surface area contributed by atoms with Gasteiger partial charge in [-0.05, 0) is 54.6 Å². The van der Waals surface area contributed by atoms with Crippen molar-refractivity contribution in [1.82, 2.24) is 20.6 Å². The molecule has 1 aliphatic heterocycles. The standard InChI is InChI=1S/C26H34N4O5/c1-27-24(31)23(25(32)28-34)29(2)26(33)22-12-10-21(11-13-22)20-8-6-19(7-9-20)5-3-14-30-15-4-17-35-18-16-30/h6-13,23,34H,3-5,14-18H2,1-2H3,(H,27,31)(H,28,32). The van der Waals surface area contributed by atoms with Gasteiger partial charge in [0.15, 0.2) is 6.04 Å². The lowest BCUT2D eigenvalue weighted by Crippen LogP contribution is -2.54. The Balaban J connectivity index is 1.59. The number of carbonyl (C=O) groups is 3. The van der Waals surface area contributed by atoms with E-state index in [-0.39, 0.29) is 0 Å². The average Bonchev–Trinajstić information content (AvgIpc) is 3.17. The van der Waals surface area contributed by atoms with Crippen LogP contribution in [0.25, 0.3) is 11.1 Å². The highest BCUT2D eigenvalue weighted by Crippen LogP contribution is 2.22. The Hall–Kier alpha value is -3.27. The number of hydrogen-bond acceptors (Lipinski definition) is 6. The number of aryl methyl sites for hydroxylation is 1. The number of nitrogens with one attached hydrogen (secondary N) is 2. The van der Waals surface area contributed by atoms with Crippen LogP contribution in [0.5, 0.6) is 0 Å². The van der Waals surface area contributed by atoms with Gasteiger partial charge in [-0.2, -0.15) is 0 Å². The molecule has 1 heterocycles. The molecule has 2 aromatic rings. The monoisotopic (exact) mass is 482 g/mol. The van der Waals surface area contributed by atoms with Gasteiger partial charge in [0.25, 0.3) is 17.7 Å². The van der Waals surface area contributed by atoms with Crippen molar-refractivity contribution in [1.29, 1.82) is 0 Å². The molecular weight excluding hydrogens is 448 g/mol. The van der Waals surface area contributed by atoms with Crippen molar-refractivity contribution in [3.63, 3.8) is 0 Å². The van der Waals surface area contributed by atoms with Gasteiger partial charge >= 0.3 is 0 Å². The first-order chi connectivity index (χ1) is 16.9. The van der Waals surface area contributed by atoms with Crippen LogP contribution in [0, 0.1) is 0 Å². The number of likely N-dealkylation sites (N-methyl/N-ethyl adjacent to an activating group) is 2. The molecule has 3 N–H and O–H groups in total. The summed E-state index contributed by atoms with van der Waals surface area (Å²) < 4.78 is 5.51. The molecule has 1 fully saturated rings. The first-order valence-electron chi connectivity index (χ1n) is 11.9. The molecule has 35 heavy (non-hydrogen) atoms. The zero-order chi connectivity index (χ0) is 25.2. The van der Waals surface area contributed by atoms with Crippen LogP contribution >= 0.6 is 0 Å². The van der Waals surface area contributed by atoms with Crippen LogP contribution in [0.3, 0.4) is 0 Å². The van der Waals surface area contributed by atoms with Gasteiger partial charge in [0.2, 0.25) is 0 Å². The molecule has 0 aliphatic carbocycles. The quantitative estimate of drug-likeness (QED) is 0.285. The van der Waals surface area contributed by atoms with Crippen LogP contribution in [0.4, 0.5) is 0 Å². The molecule has 2 aromatic carbocycles. The van der Waals surface area contributed by atoms with Gasteiger partial charge in [-0.3, -0.25) is 19.6 Å².